The maximum Gasteiger partial charge on any atom is 0.335 e. The number of aliphatic hydroxyl groups is 2. The molecule has 2 aromatic rings. The SMILES string of the molecule is CCC(C(C)O)C(C)O.O=C(O)c1ccccc1.O=S(=O)(O)c1ccccc1. The molecule has 2 aromatic carbocycles. The minimum Gasteiger partial charge on any atom is -0.478 e. The van der Waals surface area contributed by atoms with Gasteiger partial charge in [0.05, 0.1) is 22.7 Å². The Balaban J connectivity index is 0.000000392. The molecule has 2 atom stereocenters. The molecule has 0 heterocycles. The Labute approximate surface area is 166 Å². The molecule has 0 saturated carbocycles. The van der Waals surface area contributed by atoms with E-state index in [1.807, 2.05) is 6.92 Å². The molecule has 0 bridgehead atoms. The molecule has 2 rings (SSSR count). The molecule has 0 aliphatic carbocycles. The zero-order valence-corrected chi connectivity index (χ0v) is 17.0. The predicted molar refractivity (Wildman–Crippen MR) is 107 cm³/mol. The Kier molecular flexibility index (Phi) is 12.0. The minimum atomic E-state index is -4.00. The van der Waals surface area contributed by atoms with Crippen molar-refractivity contribution in [3.8, 4) is 0 Å². The van der Waals surface area contributed by atoms with Crippen LogP contribution < -0.4 is 0 Å². The van der Waals surface area contributed by atoms with Crippen molar-refractivity contribution >= 4 is 16.1 Å². The Morgan fingerprint density at radius 2 is 1.29 bits per heavy atom. The fraction of sp³-hybridized carbons (Fsp3) is 0.350. The van der Waals surface area contributed by atoms with Crippen LogP contribution in [0.25, 0.3) is 0 Å². The van der Waals surface area contributed by atoms with Crippen LogP contribution >= 0.6 is 0 Å². The number of rotatable bonds is 5. The Morgan fingerprint density at radius 1 is 0.893 bits per heavy atom. The largest absolute Gasteiger partial charge is 0.478 e. The van der Waals surface area contributed by atoms with Crippen LogP contribution in [0.2, 0.25) is 0 Å². The quantitative estimate of drug-likeness (QED) is 0.555. The highest BCUT2D eigenvalue weighted by Crippen LogP contribution is 2.12. The van der Waals surface area contributed by atoms with Crippen molar-refractivity contribution in [1.82, 2.24) is 0 Å². The van der Waals surface area contributed by atoms with Gasteiger partial charge in [-0.1, -0.05) is 43.3 Å². The standard InChI is InChI=1S/C7H6O2.C7H16O2.C6H6O3S/c8-7(9)6-4-2-1-3-5-6;1-4-7(5(2)8)6(3)9;7-10(8,9)6-4-2-1-3-5-6/h1-5H,(H,8,9);5-9H,4H2,1-3H3;1-5H,(H,7,8,9). The third kappa shape index (κ3) is 10.8. The lowest BCUT2D eigenvalue weighted by Gasteiger charge is -2.20. The van der Waals surface area contributed by atoms with Crippen LogP contribution in [0.4, 0.5) is 0 Å². The number of benzene rings is 2. The van der Waals surface area contributed by atoms with Crippen LogP contribution in [0, 0.1) is 5.92 Å². The summed E-state index contributed by atoms with van der Waals surface area (Å²) in [5.74, 6) is -0.847. The molecule has 0 saturated heterocycles. The first-order valence-electron chi connectivity index (χ1n) is 8.67. The normalized spacial score (nSPS) is 13.6. The number of hydrogen-bond donors (Lipinski definition) is 4. The molecule has 0 aromatic heterocycles. The Hall–Kier alpha value is -2.26. The molecule has 8 heteroatoms. The summed E-state index contributed by atoms with van der Waals surface area (Å²) in [6.45, 7) is 5.38. The van der Waals surface area contributed by atoms with Crippen molar-refractivity contribution in [3.63, 3.8) is 0 Å². The van der Waals surface area contributed by atoms with Gasteiger partial charge in [0.2, 0.25) is 0 Å². The number of carboxylic acid groups (broad SMARTS) is 1. The highest BCUT2D eigenvalue weighted by Gasteiger charge is 2.17. The van der Waals surface area contributed by atoms with Crippen molar-refractivity contribution < 1.29 is 33.1 Å². The van der Waals surface area contributed by atoms with E-state index in [-0.39, 0.29) is 10.8 Å². The van der Waals surface area contributed by atoms with E-state index in [9.17, 15) is 13.2 Å². The summed E-state index contributed by atoms with van der Waals surface area (Å²) in [6.07, 6.45) is 0.0417. The number of aromatic carboxylic acids is 1. The summed E-state index contributed by atoms with van der Waals surface area (Å²) < 4.78 is 29.2. The van der Waals surface area contributed by atoms with Gasteiger partial charge in [-0.2, -0.15) is 8.42 Å². The fourth-order valence-electron chi connectivity index (χ4n) is 2.26. The van der Waals surface area contributed by atoms with Crippen molar-refractivity contribution in [2.75, 3.05) is 0 Å². The van der Waals surface area contributed by atoms with E-state index in [2.05, 4.69) is 0 Å². The second-order valence-corrected chi connectivity index (χ2v) is 7.43. The van der Waals surface area contributed by atoms with Gasteiger partial charge in [0.25, 0.3) is 10.1 Å². The number of aliphatic hydroxyl groups excluding tert-OH is 2. The van der Waals surface area contributed by atoms with Gasteiger partial charge in [-0.25, -0.2) is 4.79 Å². The number of hydrogen-bond acceptors (Lipinski definition) is 5. The fourth-order valence-corrected chi connectivity index (χ4v) is 2.76. The molecule has 2 unspecified atom stereocenters. The second kappa shape index (κ2) is 13.0. The molecular formula is C20H28O7S. The Bertz CT molecular complexity index is 765. The molecular weight excluding hydrogens is 384 g/mol. The first-order chi connectivity index (χ1) is 13.0. The first-order valence-corrected chi connectivity index (χ1v) is 10.1. The van der Waals surface area contributed by atoms with Crippen LogP contribution in [-0.2, 0) is 10.1 Å². The smallest absolute Gasteiger partial charge is 0.335 e. The van der Waals surface area contributed by atoms with Gasteiger partial charge in [0.15, 0.2) is 0 Å². The summed E-state index contributed by atoms with van der Waals surface area (Å²) in [7, 11) is -4.00. The molecule has 0 aliphatic heterocycles. The van der Waals surface area contributed by atoms with Crippen LogP contribution in [-0.4, -0.2) is 46.5 Å². The summed E-state index contributed by atoms with van der Waals surface area (Å²) in [5.41, 5.74) is 0.331. The molecule has 156 valence electrons. The molecule has 0 amide bonds. The highest BCUT2D eigenvalue weighted by molar-refractivity contribution is 7.85. The van der Waals surface area contributed by atoms with Crippen LogP contribution in [0.3, 0.4) is 0 Å². The van der Waals surface area contributed by atoms with E-state index in [1.165, 1.54) is 12.1 Å². The van der Waals surface area contributed by atoms with E-state index < -0.39 is 28.3 Å². The molecule has 4 N–H and O–H groups in total. The molecule has 7 nitrogen and oxygen atoms in total. The summed E-state index contributed by atoms with van der Waals surface area (Å²) >= 11 is 0. The maximum atomic E-state index is 10.4. The molecule has 0 aliphatic rings. The van der Waals surface area contributed by atoms with Gasteiger partial charge in [-0.15, -0.1) is 0 Å². The van der Waals surface area contributed by atoms with Crippen molar-refractivity contribution in [3.05, 3.63) is 66.2 Å². The van der Waals surface area contributed by atoms with Crippen molar-refractivity contribution in [2.24, 2.45) is 5.92 Å². The van der Waals surface area contributed by atoms with Crippen molar-refractivity contribution in [2.45, 2.75) is 44.3 Å². The van der Waals surface area contributed by atoms with E-state index in [1.54, 1.807) is 62.4 Å². The van der Waals surface area contributed by atoms with E-state index >= 15 is 0 Å². The second-order valence-electron chi connectivity index (χ2n) is 6.01. The molecule has 0 radical (unpaired) electrons. The summed E-state index contributed by atoms with van der Waals surface area (Å²) in [5, 5.41) is 26.4. The van der Waals surface area contributed by atoms with Crippen LogP contribution in [0.15, 0.2) is 65.6 Å². The molecule has 28 heavy (non-hydrogen) atoms. The Morgan fingerprint density at radius 3 is 1.46 bits per heavy atom. The number of carbonyl (C=O) groups is 1. The molecule has 0 spiro atoms. The van der Waals surface area contributed by atoms with E-state index in [0.717, 1.165) is 6.42 Å². The first kappa shape index (κ1) is 25.7. The lowest BCUT2D eigenvalue weighted by Crippen LogP contribution is -2.26. The van der Waals surface area contributed by atoms with Gasteiger partial charge < -0.3 is 15.3 Å². The monoisotopic (exact) mass is 412 g/mol. The van der Waals surface area contributed by atoms with E-state index in [4.69, 9.17) is 19.9 Å². The van der Waals surface area contributed by atoms with Crippen LogP contribution in [0.5, 0.6) is 0 Å². The van der Waals surface area contributed by atoms with E-state index in [0.29, 0.717) is 5.56 Å². The van der Waals surface area contributed by atoms with Gasteiger partial charge in [0, 0.05) is 5.92 Å². The van der Waals surface area contributed by atoms with Crippen LogP contribution in [0.1, 0.15) is 37.6 Å². The average molecular weight is 413 g/mol. The molecule has 0 fully saturated rings. The lowest BCUT2D eigenvalue weighted by molar-refractivity contribution is 0.0299. The number of carboxylic acids is 1. The van der Waals surface area contributed by atoms with Gasteiger partial charge >= 0.3 is 5.97 Å². The summed E-state index contributed by atoms with van der Waals surface area (Å²) in [6, 6.07) is 15.7. The lowest BCUT2D eigenvalue weighted by atomic mass is 9.95. The van der Waals surface area contributed by atoms with Gasteiger partial charge in [-0.05, 0) is 44.5 Å². The third-order valence-electron chi connectivity index (χ3n) is 3.77. The van der Waals surface area contributed by atoms with Crippen molar-refractivity contribution in [1.29, 1.82) is 0 Å². The summed E-state index contributed by atoms with van der Waals surface area (Å²) in [4.78, 5) is 10.1. The minimum absolute atomic E-state index is 0.0324. The third-order valence-corrected chi connectivity index (χ3v) is 4.64. The average Bonchev–Trinajstić information content (AvgIpc) is 2.63. The predicted octanol–water partition coefficient (Wildman–Crippen LogP) is 3.09. The topological polar surface area (TPSA) is 132 Å². The van der Waals surface area contributed by atoms with Gasteiger partial charge in [-0.3, -0.25) is 4.55 Å². The van der Waals surface area contributed by atoms with Gasteiger partial charge in [0.1, 0.15) is 0 Å². The highest BCUT2D eigenvalue weighted by atomic mass is 32.2. The zero-order valence-electron chi connectivity index (χ0n) is 16.1. The zero-order chi connectivity index (χ0) is 21.7. The maximum absolute atomic E-state index is 10.4.